The number of carbonyl (C=O) groups excluding carboxylic acids is 1. The van der Waals surface area contributed by atoms with E-state index in [1.54, 1.807) is 0 Å². The Morgan fingerprint density at radius 1 is 1.29 bits per heavy atom. The number of nitrogens with one attached hydrogen (secondary N) is 1. The van der Waals surface area contributed by atoms with Gasteiger partial charge in [0.1, 0.15) is 5.60 Å². The predicted octanol–water partition coefficient (Wildman–Crippen LogP) is 2.68. The summed E-state index contributed by atoms with van der Waals surface area (Å²) in [7, 11) is 1.85. The molecule has 0 bridgehead atoms. The molecule has 0 aliphatic heterocycles. The summed E-state index contributed by atoms with van der Waals surface area (Å²) >= 11 is 0. The van der Waals surface area contributed by atoms with E-state index in [4.69, 9.17) is 4.74 Å². The van der Waals surface area contributed by atoms with Gasteiger partial charge in [-0.2, -0.15) is 0 Å². The highest BCUT2D eigenvalue weighted by atomic mass is 16.6. The van der Waals surface area contributed by atoms with E-state index in [1.807, 2.05) is 58.2 Å². The summed E-state index contributed by atoms with van der Waals surface area (Å²) in [5, 5.41) is 3.13. The molecular weight excluding hydrogens is 214 g/mol. The molecule has 1 aromatic carbocycles. The van der Waals surface area contributed by atoms with Crippen LogP contribution >= 0.6 is 0 Å². The van der Waals surface area contributed by atoms with Crippen molar-refractivity contribution in [3.8, 4) is 0 Å². The van der Waals surface area contributed by atoms with Crippen molar-refractivity contribution >= 4 is 5.97 Å². The Labute approximate surface area is 103 Å². The molecule has 0 amide bonds. The first-order chi connectivity index (χ1) is 7.92. The van der Waals surface area contributed by atoms with Gasteiger partial charge >= 0.3 is 5.97 Å². The topological polar surface area (TPSA) is 38.3 Å². The highest BCUT2D eigenvalue weighted by Crippen LogP contribution is 2.18. The Balaban J connectivity index is 2.62. The Hall–Kier alpha value is -1.35. The third-order valence-electron chi connectivity index (χ3n) is 2.34. The number of hydrogen-bond acceptors (Lipinski definition) is 3. The third kappa shape index (κ3) is 5.00. The maximum atomic E-state index is 11.7. The van der Waals surface area contributed by atoms with Crippen molar-refractivity contribution in [2.75, 3.05) is 7.05 Å². The minimum atomic E-state index is -0.425. The Bertz CT molecular complexity index is 354. The molecule has 17 heavy (non-hydrogen) atoms. The van der Waals surface area contributed by atoms with Crippen molar-refractivity contribution in [2.45, 2.75) is 38.8 Å². The van der Waals surface area contributed by atoms with Crippen LogP contribution in [0.2, 0.25) is 0 Å². The standard InChI is InChI=1S/C14H21NO2/c1-14(2,3)17-13(16)10-12(15-4)11-8-6-5-7-9-11/h5-9,12,15H,10H2,1-4H3/t12-/m1/s1. The molecule has 0 aromatic heterocycles. The number of carbonyl (C=O) groups is 1. The van der Waals surface area contributed by atoms with Crippen molar-refractivity contribution in [3.05, 3.63) is 35.9 Å². The molecular formula is C14H21NO2. The van der Waals surface area contributed by atoms with Crippen molar-refractivity contribution in [1.29, 1.82) is 0 Å². The lowest BCUT2D eigenvalue weighted by atomic mass is 10.0. The van der Waals surface area contributed by atoms with Crippen molar-refractivity contribution < 1.29 is 9.53 Å². The zero-order valence-electron chi connectivity index (χ0n) is 11.0. The Kier molecular flexibility index (Phi) is 4.70. The second-order valence-corrected chi connectivity index (χ2v) is 5.04. The van der Waals surface area contributed by atoms with Gasteiger partial charge < -0.3 is 10.1 Å². The van der Waals surface area contributed by atoms with Crippen molar-refractivity contribution in [1.82, 2.24) is 5.32 Å². The summed E-state index contributed by atoms with van der Waals surface area (Å²) in [6.45, 7) is 5.63. The van der Waals surface area contributed by atoms with E-state index in [-0.39, 0.29) is 12.0 Å². The summed E-state index contributed by atoms with van der Waals surface area (Å²) in [5.74, 6) is -0.180. The van der Waals surface area contributed by atoms with E-state index in [2.05, 4.69) is 5.32 Å². The van der Waals surface area contributed by atoms with E-state index in [9.17, 15) is 4.79 Å². The molecule has 0 saturated heterocycles. The fourth-order valence-electron chi connectivity index (χ4n) is 1.62. The summed E-state index contributed by atoms with van der Waals surface area (Å²) < 4.78 is 5.31. The molecule has 0 saturated carbocycles. The maximum Gasteiger partial charge on any atom is 0.308 e. The van der Waals surface area contributed by atoms with Crippen LogP contribution in [0, 0.1) is 0 Å². The van der Waals surface area contributed by atoms with E-state index in [1.165, 1.54) is 0 Å². The molecule has 0 radical (unpaired) electrons. The second-order valence-electron chi connectivity index (χ2n) is 5.04. The van der Waals surface area contributed by atoms with Gasteiger partial charge in [-0.1, -0.05) is 30.3 Å². The predicted molar refractivity (Wildman–Crippen MR) is 68.7 cm³/mol. The van der Waals surface area contributed by atoms with E-state index < -0.39 is 5.60 Å². The monoisotopic (exact) mass is 235 g/mol. The van der Waals surface area contributed by atoms with Crippen LogP contribution in [0.4, 0.5) is 0 Å². The summed E-state index contributed by atoms with van der Waals surface area (Å²) in [6.07, 6.45) is 0.345. The maximum absolute atomic E-state index is 11.7. The van der Waals surface area contributed by atoms with Crippen LogP contribution in [0.25, 0.3) is 0 Å². The fourth-order valence-corrected chi connectivity index (χ4v) is 1.62. The number of hydrogen-bond donors (Lipinski definition) is 1. The van der Waals surface area contributed by atoms with Crippen LogP contribution in [0.3, 0.4) is 0 Å². The van der Waals surface area contributed by atoms with Gasteiger partial charge in [0.2, 0.25) is 0 Å². The van der Waals surface area contributed by atoms with Gasteiger partial charge in [0.05, 0.1) is 6.42 Å². The van der Waals surface area contributed by atoms with E-state index in [0.29, 0.717) is 6.42 Å². The molecule has 3 nitrogen and oxygen atoms in total. The van der Waals surface area contributed by atoms with Crippen LogP contribution in [0.1, 0.15) is 38.8 Å². The number of ether oxygens (including phenoxy) is 1. The lowest BCUT2D eigenvalue weighted by Crippen LogP contribution is -2.27. The van der Waals surface area contributed by atoms with Gasteiger partial charge in [-0.25, -0.2) is 0 Å². The average molecular weight is 235 g/mol. The molecule has 0 aliphatic rings. The highest BCUT2D eigenvalue weighted by molar-refractivity contribution is 5.71. The lowest BCUT2D eigenvalue weighted by Gasteiger charge is -2.22. The average Bonchev–Trinajstić information content (AvgIpc) is 2.24. The zero-order valence-corrected chi connectivity index (χ0v) is 11.0. The molecule has 0 fully saturated rings. The molecule has 1 N–H and O–H groups in total. The first-order valence-corrected chi connectivity index (χ1v) is 5.86. The van der Waals surface area contributed by atoms with Crippen LogP contribution in [0.5, 0.6) is 0 Å². The number of esters is 1. The summed E-state index contributed by atoms with van der Waals surface area (Å²) in [6, 6.07) is 9.91. The Morgan fingerprint density at radius 3 is 2.35 bits per heavy atom. The third-order valence-corrected chi connectivity index (χ3v) is 2.34. The highest BCUT2D eigenvalue weighted by Gasteiger charge is 2.20. The van der Waals surface area contributed by atoms with Crippen molar-refractivity contribution in [3.63, 3.8) is 0 Å². The molecule has 0 unspecified atom stereocenters. The van der Waals surface area contributed by atoms with Crippen molar-refractivity contribution in [2.24, 2.45) is 0 Å². The quantitative estimate of drug-likeness (QED) is 0.815. The lowest BCUT2D eigenvalue weighted by molar-refractivity contribution is -0.155. The number of benzene rings is 1. The zero-order chi connectivity index (χ0) is 12.9. The smallest absolute Gasteiger partial charge is 0.308 e. The van der Waals surface area contributed by atoms with Gasteiger partial charge in [0.25, 0.3) is 0 Å². The molecule has 0 aliphatic carbocycles. The molecule has 94 valence electrons. The molecule has 3 heteroatoms. The van der Waals surface area contributed by atoms with Gasteiger partial charge in [0.15, 0.2) is 0 Å². The minimum absolute atomic E-state index is 0.00560. The normalized spacial score (nSPS) is 13.2. The molecule has 1 atom stereocenters. The second kappa shape index (κ2) is 5.82. The molecule has 0 heterocycles. The SMILES string of the molecule is CN[C@H](CC(=O)OC(C)(C)C)c1ccccc1. The summed E-state index contributed by atoms with van der Waals surface area (Å²) in [4.78, 5) is 11.7. The van der Waals surface area contributed by atoms with Crippen LogP contribution in [-0.4, -0.2) is 18.6 Å². The fraction of sp³-hybridized carbons (Fsp3) is 0.500. The van der Waals surface area contributed by atoms with Gasteiger partial charge in [-0.3, -0.25) is 4.79 Å². The first kappa shape index (κ1) is 13.7. The Morgan fingerprint density at radius 2 is 1.88 bits per heavy atom. The van der Waals surface area contributed by atoms with E-state index in [0.717, 1.165) is 5.56 Å². The van der Waals surface area contributed by atoms with Crippen LogP contribution in [0.15, 0.2) is 30.3 Å². The molecule has 1 rings (SSSR count). The van der Waals surface area contributed by atoms with Gasteiger partial charge in [0, 0.05) is 6.04 Å². The number of rotatable bonds is 4. The van der Waals surface area contributed by atoms with Crippen LogP contribution in [-0.2, 0) is 9.53 Å². The van der Waals surface area contributed by atoms with E-state index >= 15 is 0 Å². The van der Waals surface area contributed by atoms with Gasteiger partial charge in [-0.15, -0.1) is 0 Å². The first-order valence-electron chi connectivity index (χ1n) is 5.86. The molecule has 0 spiro atoms. The minimum Gasteiger partial charge on any atom is -0.460 e. The van der Waals surface area contributed by atoms with Gasteiger partial charge in [-0.05, 0) is 33.4 Å². The largest absolute Gasteiger partial charge is 0.460 e. The molecule has 1 aromatic rings. The summed E-state index contributed by atoms with van der Waals surface area (Å²) in [5.41, 5.74) is 0.673. The van der Waals surface area contributed by atoms with Crippen LogP contribution < -0.4 is 5.32 Å².